The molecule has 2 heterocycles. The van der Waals surface area contributed by atoms with Gasteiger partial charge in [-0.05, 0) is 26.0 Å². The predicted molar refractivity (Wildman–Crippen MR) is 73.2 cm³/mol. The average Bonchev–Trinajstić information content (AvgIpc) is 2.77. The summed E-state index contributed by atoms with van der Waals surface area (Å²) in [5.41, 5.74) is 1.15. The van der Waals surface area contributed by atoms with Crippen LogP contribution in [0.25, 0.3) is 10.2 Å². The van der Waals surface area contributed by atoms with Crippen molar-refractivity contribution in [3.8, 4) is 0 Å². The molecule has 0 aromatic carbocycles. The third-order valence-corrected chi connectivity index (χ3v) is 4.11. The summed E-state index contributed by atoms with van der Waals surface area (Å²) in [6.07, 6.45) is 0. The van der Waals surface area contributed by atoms with Crippen LogP contribution >= 0.6 is 11.3 Å². The van der Waals surface area contributed by atoms with Gasteiger partial charge in [-0.25, -0.2) is 0 Å². The van der Waals surface area contributed by atoms with Gasteiger partial charge in [-0.1, -0.05) is 0 Å². The Labute approximate surface area is 110 Å². The highest BCUT2D eigenvalue weighted by atomic mass is 32.1. The second-order valence-electron chi connectivity index (χ2n) is 4.35. The van der Waals surface area contributed by atoms with Gasteiger partial charge in [0.05, 0.1) is 4.88 Å². The summed E-state index contributed by atoms with van der Waals surface area (Å²) in [6, 6.07) is 4.01. The van der Waals surface area contributed by atoms with Crippen LogP contribution < -0.4 is 5.32 Å². The molecule has 0 spiro atoms. The van der Waals surface area contributed by atoms with Gasteiger partial charge in [0.25, 0.3) is 0 Å². The first-order valence-electron chi connectivity index (χ1n) is 5.84. The zero-order valence-corrected chi connectivity index (χ0v) is 11.6. The number of Topliss-reactive ketones (excluding diaryl/α,β-unsaturated/α-hetero) is 1. The Balaban J connectivity index is 2.27. The van der Waals surface area contributed by atoms with Crippen molar-refractivity contribution in [2.45, 2.75) is 27.3 Å². The molecule has 0 unspecified atom stereocenters. The molecule has 5 heteroatoms. The summed E-state index contributed by atoms with van der Waals surface area (Å²) in [6.45, 7) is 6.46. The first-order valence-corrected chi connectivity index (χ1v) is 6.65. The minimum atomic E-state index is -0.0216. The number of aryl methyl sites for hydroxylation is 1. The second-order valence-corrected chi connectivity index (χ2v) is 5.38. The van der Waals surface area contributed by atoms with Crippen LogP contribution in [-0.2, 0) is 11.3 Å². The lowest BCUT2D eigenvalue weighted by molar-refractivity contribution is -0.118. The zero-order chi connectivity index (χ0) is 13.3. The summed E-state index contributed by atoms with van der Waals surface area (Å²) >= 11 is 1.51. The molecule has 0 aliphatic heterocycles. The van der Waals surface area contributed by atoms with Crippen LogP contribution in [0.3, 0.4) is 0 Å². The third kappa shape index (κ3) is 2.46. The van der Waals surface area contributed by atoms with Gasteiger partial charge in [-0.15, -0.1) is 11.3 Å². The SMILES string of the molecule is CC(=O)NCCn1c(C)cc2cc(C(C)=O)sc21. The molecule has 0 saturated heterocycles. The third-order valence-electron chi connectivity index (χ3n) is 2.83. The van der Waals surface area contributed by atoms with Crippen molar-refractivity contribution < 1.29 is 9.59 Å². The maximum absolute atomic E-state index is 11.4. The molecule has 0 bridgehead atoms. The Hall–Kier alpha value is -1.62. The molecule has 0 aliphatic rings. The van der Waals surface area contributed by atoms with Gasteiger partial charge in [0.1, 0.15) is 4.83 Å². The summed E-state index contributed by atoms with van der Waals surface area (Å²) in [7, 11) is 0. The molecule has 0 radical (unpaired) electrons. The van der Waals surface area contributed by atoms with Crippen LogP contribution in [0.2, 0.25) is 0 Å². The van der Waals surface area contributed by atoms with Crippen molar-refractivity contribution >= 4 is 33.2 Å². The number of ketones is 1. The minimum absolute atomic E-state index is 0.0216. The second kappa shape index (κ2) is 4.94. The fraction of sp³-hybridized carbons (Fsp3) is 0.385. The molecule has 2 aromatic rings. The Bertz CT molecular complexity index is 610. The van der Waals surface area contributed by atoms with E-state index in [1.807, 2.05) is 13.0 Å². The molecule has 0 atom stereocenters. The number of aromatic nitrogens is 1. The van der Waals surface area contributed by atoms with E-state index in [1.54, 1.807) is 6.92 Å². The largest absolute Gasteiger partial charge is 0.355 e. The Morgan fingerprint density at radius 2 is 2.06 bits per heavy atom. The fourth-order valence-electron chi connectivity index (χ4n) is 1.97. The van der Waals surface area contributed by atoms with Crippen LogP contribution in [0.4, 0.5) is 0 Å². The molecule has 0 fully saturated rings. The van der Waals surface area contributed by atoms with Crippen LogP contribution in [-0.4, -0.2) is 22.8 Å². The number of carbonyl (C=O) groups excluding carboxylic acids is 2. The highest BCUT2D eigenvalue weighted by molar-refractivity contribution is 7.20. The van der Waals surface area contributed by atoms with Gasteiger partial charge < -0.3 is 9.88 Å². The van der Waals surface area contributed by atoms with Crippen molar-refractivity contribution in [3.63, 3.8) is 0 Å². The van der Waals surface area contributed by atoms with E-state index in [-0.39, 0.29) is 11.7 Å². The minimum Gasteiger partial charge on any atom is -0.355 e. The molecule has 1 N–H and O–H groups in total. The summed E-state index contributed by atoms with van der Waals surface area (Å²) in [5.74, 6) is 0.0777. The molecule has 18 heavy (non-hydrogen) atoms. The van der Waals surface area contributed by atoms with E-state index in [4.69, 9.17) is 0 Å². The van der Waals surface area contributed by atoms with E-state index in [0.29, 0.717) is 6.54 Å². The lowest BCUT2D eigenvalue weighted by Gasteiger charge is -2.07. The quantitative estimate of drug-likeness (QED) is 0.862. The van der Waals surface area contributed by atoms with Crippen molar-refractivity contribution in [2.75, 3.05) is 6.54 Å². The lowest BCUT2D eigenvalue weighted by Crippen LogP contribution is -2.24. The van der Waals surface area contributed by atoms with E-state index < -0.39 is 0 Å². The van der Waals surface area contributed by atoms with E-state index in [2.05, 4.69) is 16.0 Å². The van der Waals surface area contributed by atoms with Crippen LogP contribution in [0.1, 0.15) is 29.2 Å². The van der Waals surface area contributed by atoms with Gasteiger partial charge in [0.2, 0.25) is 5.91 Å². The number of nitrogens with zero attached hydrogens (tertiary/aromatic N) is 1. The Morgan fingerprint density at radius 3 is 2.67 bits per heavy atom. The van der Waals surface area contributed by atoms with Crippen molar-refractivity contribution in [1.29, 1.82) is 0 Å². The molecule has 1 amide bonds. The molecule has 4 nitrogen and oxygen atoms in total. The molecule has 96 valence electrons. The summed E-state index contributed by atoms with van der Waals surface area (Å²) < 4.78 is 2.14. The maximum atomic E-state index is 11.4. The van der Waals surface area contributed by atoms with E-state index >= 15 is 0 Å². The maximum Gasteiger partial charge on any atom is 0.216 e. The number of amides is 1. The average molecular weight is 264 g/mol. The number of fused-ring (bicyclic) bond motifs is 1. The first kappa shape index (κ1) is 12.8. The number of hydrogen-bond donors (Lipinski definition) is 1. The Morgan fingerprint density at radius 1 is 1.33 bits per heavy atom. The highest BCUT2D eigenvalue weighted by Crippen LogP contribution is 2.29. The fourth-order valence-corrected chi connectivity index (χ4v) is 3.09. The van der Waals surface area contributed by atoms with Gasteiger partial charge in [0, 0.05) is 31.1 Å². The first-order chi connectivity index (χ1) is 8.49. The van der Waals surface area contributed by atoms with Crippen LogP contribution in [0.5, 0.6) is 0 Å². The van der Waals surface area contributed by atoms with Crippen molar-refractivity contribution in [1.82, 2.24) is 9.88 Å². The van der Waals surface area contributed by atoms with Gasteiger partial charge >= 0.3 is 0 Å². The van der Waals surface area contributed by atoms with E-state index in [0.717, 1.165) is 27.3 Å². The van der Waals surface area contributed by atoms with Gasteiger partial charge in [0.15, 0.2) is 5.78 Å². The van der Waals surface area contributed by atoms with E-state index in [1.165, 1.54) is 18.3 Å². The number of rotatable bonds is 4. The molecule has 2 aromatic heterocycles. The zero-order valence-electron chi connectivity index (χ0n) is 10.7. The molecular weight excluding hydrogens is 248 g/mol. The molecule has 2 rings (SSSR count). The number of hydrogen-bond acceptors (Lipinski definition) is 3. The van der Waals surface area contributed by atoms with Crippen molar-refractivity contribution in [3.05, 3.63) is 22.7 Å². The van der Waals surface area contributed by atoms with Crippen LogP contribution in [0, 0.1) is 6.92 Å². The van der Waals surface area contributed by atoms with Gasteiger partial charge in [-0.2, -0.15) is 0 Å². The van der Waals surface area contributed by atoms with Crippen LogP contribution in [0.15, 0.2) is 12.1 Å². The summed E-state index contributed by atoms with van der Waals surface area (Å²) in [4.78, 5) is 24.1. The topological polar surface area (TPSA) is 51.1 Å². The molecule has 0 saturated carbocycles. The molecular formula is C13H16N2O2S. The number of nitrogens with one attached hydrogen (secondary N) is 1. The Kier molecular flexibility index (Phi) is 3.52. The smallest absolute Gasteiger partial charge is 0.216 e. The summed E-state index contributed by atoms with van der Waals surface area (Å²) in [5, 5.41) is 3.89. The monoisotopic (exact) mass is 264 g/mol. The van der Waals surface area contributed by atoms with E-state index in [9.17, 15) is 9.59 Å². The highest BCUT2D eigenvalue weighted by Gasteiger charge is 2.12. The van der Waals surface area contributed by atoms with Crippen molar-refractivity contribution in [2.24, 2.45) is 0 Å². The van der Waals surface area contributed by atoms with Gasteiger partial charge in [-0.3, -0.25) is 9.59 Å². The standard InChI is InChI=1S/C13H16N2O2S/c1-8-6-11-7-12(9(2)16)18-13(11)15(8)5-4-14-10(3)17/h6-7H,4-5H2,1-3H3,(H,14,17). The normalized spacial score (nSPS) is 10.8. The predicted octanol–water partition coefficient (Wildman–Crippen LogP) is 2.35. The molecule has 0 aliphatic carbocycles. The number of thiophene rings is 1. The lowest BCUT2D eigenvalue weighted by atomic mass is 10.3. The number of carbonyl (C=O) groups is 2.